The molecule has 1 amide bonds. The van der Waals surface area contributed by atoms with Crippen LogP contribution in [-0.2, 0) is 6.42 Å². The predicted molar refractivity (Wildman–Crippen MR) is 118 cm³/mol. The Morgan fingerprint density at radius 2 is 1.61 bits per heavy atom. The van der Waals surface area contributed by atoms with Crippen molar-refractivity contribution in [2.45, 2.75) is 6.42 Å². The minimum Gasteiger partial charge on any atom is -0.351 e. The maximum atomic E-state index is 13.1. The molecule has 1 N–H and O–H groups in total. The summed E-state index contributed by atoms with van der Waals surface area (Å²) >= 11 is 0. The Morgan fingerprint density at radius 3 is 2.42 bits per heavy atom. The highest BCUT2D eigenvalue weighted by Gasteiger charge is 2.18. The van der Waals surface area contributed by atoms with Gasteiger partial charge >= 0.3 is 0 Å². The van der Waals surface area contributed by atoms with Crippen molar-refractivity contribution in [3.8, 4) is 16.9 Å². The van der Waals surface area contributed by atoms with E-state index >= 15 is 0 Å². The molecule has 5 rings (SSSR count). The number of rotatable bonds is 6. The zero-order chi connectivity index (χ0) is 21.0. The SMILES string of the molecule is O=C(NCCc1nnc2ccccn12)c1cn(-c2ccccc2)nc1-c1ccccc1. The molecule has 0 spiro atoms. The number of fused-ring (bicyclic) bond motifs is 1. The van der Waals surface area contributed by atoms with E-state index in [0.29, 0.717) is 24.2 Å². The van der Waals surface area contributed by atoms with E-state index < -0.39 is 0 Å². The van der Waals surface area contributed by atoms with Gasteiger partial charge in [0.15, 0.2) is 5.65 Å². The van der Waals surface area contributed by atoms with Gasteiger partial charge in [-0.05, 0) is 24.3 Å². The van der Waals surface area contributed by atoms with Gasteiger partial charge in [-0.1, -0.05) is 54.6 Å². The summed E-state index contributed by atoms with van der Waals surface area (Å²) in [6, 6.07) is 25.3. The van der Waals surface area contributed by atoms with Crippen LogP contribution in [0.5, 0.6) is 0 Å². The number of hydrogen-bond acceptors (Lipinski definition) is 4. The zero-order valence-corrected chi connectivity index (χ0v) is 16.7. The van der Waals surface area contributed by atoms with Crippen molar-refractivity contribution in [3.05, 3.63) is 103 Å². The maximum absolute atomic E-state index is 13.1. The van der Waals surface area contributed by atoms with E-state index in [0.717, 1.165) is 22.7 Å². The first-order valence-corrected chi connectivity index (χ1v) is 10.1. The summed E-state index contributed by atoms with van der Waals surface area (Å²) in [6.07, 6.45) is 4.27. The van der Waals surface area contributed by atoms with Gasteiger partial charge in [-0.3, -0.25) is 9.20 Å². The van der Waals surface area contributed by atoms with Crippen LogP contribution in [0.4, 0.5) is 0 Å². The summed E-state index contributed by atoms with van der Waals surface area (Å²) in [5.74, 6) is 0.633. The maximum Gasteiger partial charge on any atom is 0.255 e. The van der Waals surface area contributed by atoms with Crippen LogP contribution in [0.3, 0.4) is 0 Å². The van der Waals surface area contributed by atoms with Gasteiger partial charge in [0, 0.05) is 30.9 Å². The molecule has 152 valence electrons. The lowest BCUT2D eigenvalue weighted by atomic mass is 10.1. The quantitative estimate of drug-likeness (QED) is 0.466. The molecule has 0 aliphatic heterocycles. The molecule has 7 heteroatoms. The molecule has 0 aliphatic rings. The second-order valence-corrected chi connectivity index (χ2v) is 7.09. The molecule has 3 aromatic heterocycles. The molecule has 0 saturated heterocycles. The average molecular weight is 408 g/mol. The second-order valence-electron chi connectivity index (χ2n) is 7.09. The van der Waals surface area contributed by atoms with Gasteiger partial charge in [-0.25, -0.2) is 4.68 Å². The first-order valence-electron chi connectivity index (χ1n) is 10.1. The van der Waals surface area contributed by atoms with Crippen molar-refractivity contribution < 1.29 is 4.79 Å². The second kappa shape index (κ2) is 8.23. The van der Waals surface area contributed by atoms with Gasteiger partial charge in [-0.2, -0.15) is 5.10 Å². The van der Waals surface area contributed by atoms with Crippen LogP contribution in [0.2, 0.25) is 0 Å². The normalized spacial score (nSPS) is 11.0. The third kappa shape index (κ3) is 3.81. The summed E-state index contributed by atoms with van der Waals surface area (Å²) in [5, 5.41) is 16.1. The number of pyridine rings is 1. The van der Waals surface area contributed by atoms with Crippen LogP contribution >= 0.6 is 0 Å². The molecule has 0 saturated carbocycles. The lowest BCUT2D eigenvalue weighted by Gasteiger charge is -2.05. The molecule has 5 aromatic rings. The van der Waals surface area contributed by atoms with Crippen molar-refractivity contribution in [3.63, 3.8) is 0 Å². The summed E-state index contributed by atoms with van der Waals surface area (Å²) < 4.78 is 3.66. The standard InChI is InChI=1S/C24H20N6O/c31-24(25-15-14-22-27-26-21-13-7-8-16-29(21)22)20-17-30(19-11-5-2-6-12-19)28-23(20)18-9-3-1-4-10-18/h1-13,16-17H,14-15H2,(H,25,31). The number of amides is 1. The van der Waals surface area contributed by atoms with Crippen molar-refractivity contribution in [2.75, 3.05) is 6.54 Å². The highest BCUT2D eigenvalue weighted by Crippen LogP contribution is 2.23. The van der Waals surface area contributed by atoms with Crippen LogP contribution in [0.25, 0.3) is 22.6 Å². The number of para-hydroxylation sites is 1. The fraction of sp³-hybridized carbons (Fsp3) is 0.0833. The van der Waals surface area contributed by atoms with Crippen molar-refractivity contribution >= 4 is 11.6 Å². The Hall–Kier alpha value is -4.26. The lowest BCUT2D eigenvalue weighted by Crippen LogP contribution is -2.26. The number of carbonyl (C=O) groups excluding carboxylic acids is 1. The van der Waals surface area contributed by atoms with E-state index in [-0.39, 0.29) is 5.91 Å². The third-order valence-electron chi connectivity index (χ3n) is 5.05. The fourth-order valence-corrected chi connectivity index (χ4v) is 3.51. The molecule has 0 aliphatic carbocycles. The molecule has 0 atom stereocenters. The fourth-order valence-electron chi connectivity index (χ4n) is 3.51. The van der Waals surface area contributed by atoms with Gasteiger partial charge in [0.2, 0.25) is 0 Å². The van der Waals surface area contributed by atoms with Crippen molar-refractivity contribution in [2.24, 2.45) is 0 Å². The van der Waals surface area contributed by atoms with E-state index in [1.54, 1.807) is 10.9 Å². The third-order valence-corrected chi connectivity index (χ3v) is 5.05. The molecule has 2 aromatic carbocycles. The summed E-state index contributed by atoms with van der Waals surface area (Å²) in [5.41, 5.74) is 3.76. The highest BCUT2D eigenvalue weighted by atomic mass is 16.1. The molecule has 0 bridgehead atoms. The largest absolute Gasteiger partial charge is 0.351 e. The van der Waals surface area contributed by atoms with Gasteiger partial charge in [0.05, 0.1) is 11.3 Å². The summed E-state index contributed by atoms with van der Waals surface area (Å²) in [7, 11) is 0. The number of nitrogens with one attached hydrogen (secondary N) is 1. The number of nitrogens with zero attached hydrogens (tertiary/aromatic N) is 5. The van der Waals surface area contributed by atoms with Crippen molar-refractivity contribution in [1.82, 2.24) is 29.7 Å². The highest BCUT2D eigenvalue weighted by molar-refractivity contribution is 5.99. The molecule has 31 heavy (non-hydrogen) atoms. The lowest BCUT2D eigenvalue weighted by molar-refractivity contribution is 0.0954. The molecular formula is C24H20N6O. The van der Waals surface area contributed by atoms with Crippen LogP contribution < -0.4 is 5.32 Å². The number of carbonyl (C=O) groups is 1. The minimum atomic E-state index is -0.171. The average Bonchev–Trinajstić information content (AvgIpc) is 3.45. The number of hydrogen-bond donors (Lipinski definition) is 1. The Balaban J connectivity index is 1.39. The van der Waals surface area contributed by atoms with E-state index in [4.69, 9.17) is 5.10 Å². The van der Waals surface area contributed by atoms with Gasteiger partial charge in [0.25, 0.3) is 5.91 Å². The van der Waals surface area contributed by atoms with Crippen LogP contribution in [0.15, 0.2) is 91.3 Å². The first kappa shape index (κ1) is 18.7. The van der Waals surface area contributed by atoms with Gasteiger partial charge < -0.3 is 5.32 Å². The molecular weight excluding hydrogens is 388 g/mol. The Bertz CT molecular complexity index is 1320. The molecule has 0 radical (unpaired) electrons. The van der Waals surface area contributed by atoms with E-state index in [9.17, 15) is 4.79 Å². The van der Waals surface area contributed by atoms with Crippen LogP contribution in [0, 0.1) is 0 Å². The Kier molecular flexibility index (Phi) is 4.98. The Morgan fingerprint density at radius 1 is 0.871 bits per heavy atom. The van der Waals surface area contributed by atoms with Gasteiger partial charge in [-0.15, -0.1) is 10.2 Å². The first-order chi connectivity index (χ1) is 15.3. The molecule has 7 nitrogen and oxygen atoms in total. The number of aromatic nitrogens is 5. The monoisotopic (exact) mass is 408 g/mol. The molecule has 0 fully saturated rings. The van der Waals surface area contributed by atoms with E-state index in [1.807, 2.05) is 89.5 Å². The summed E-state index contributed by atoms with van der Waals surface area (Å²) in [6.45, 7) is 0.444. The van der Waals surface area contributed by atoms with Crippen LogP contribution in [0.1, 0.15) is 16.2 Å². The van der Waals surface area contributed by atoms with Gasteiger partial charge in [0.1, 0.15) is 11.5 Å². The van der Waals surface area contributed by atoms with E-state index in [1.165, 1.54) is 0 Å². The van der Waals surface area contributed by atoms with Crippen molar-refractivity contribution in [1.29, 1.82) is 0 Å². The van der Waals surface area contributed by atoms with Crippen LogP contribution in [-0.4, -0.2) is 36.8 Å². The summed E-state index contributed by atoms with van der Waals surface area (Å²) in [4.78, 5) is 13.1. The smallest absolute Gasteiger partial charge is 0.255 e. The predicted octanol–water partition coefficient (Wildman–Crippen LogP) is 3.55. The Labute approximate surface area is 179 Å². The molecule has 0 unspecified atom stereocenters. The zero-order valence-electron chi connectivity index (χ0n) is 16.7. The topological polar surface area (TPSA) is 77.1 Å². The molecule has 3 heterocycles. The minimum absolute atomic E-state index is 0.171. The van der Waals surface area contributed by atoms with E-state index in [2.05, 4.69) is 15.5 Å². The number of benzene rings is 2.